The third kappa shape index (κ3) is 4.69. The van der Waals surface area contributed by atoms with E-state index in [-0.39, 0.29) is 29.7 Å². The van der Waals surface area contributed by atoms with Gasteiger partial charge in [0.25, 0.3) is 5.91 Å². The molecule has 31 heavy (non-hydrogen) atoms. The Morgan fingerprint density at radius 3 is 2.48 bits per heavy atom. The molecule has 3 rings (SSSR count). The van der Waals surface area contributed by atoms with Gasteiger partial charge >= 0.3 is 6.03 Å². The minimum atomic E-state index is -1.26. The van der Waals surface area contributed by atoms with E-state index < -0.39 is 29.2 Å². The van der Waals surface area contributed by atoms with Gasteiger partial charge in [-0.15, -0.1) is 0 Å². The average molecular weight is 457 g/mol. The first kappa shape index (κ1) is 23.1. The van der Waals surface area contributed by atoms with Crippen LogP contribution in [-0.4, -0.2) is 75.3 Å². The van der Waals surface area contributed by atoms with Crippen molar-refractivity contribution in [3.63, 3.8) is 0 Å². The molecule has 0 aromatic heterocycles. The molecule has 9 nitrogen and oxygen atoms in total. The molecule has 1 aromatic rings. The van der Waals surface area contributed by atoms with Crippen LogP contribution >= 0.6 is 11.6 Å². The summed E-state index contributed by atoms with van der Waals surface area (Å²) in [6.07, 6.45) is 0.122. The number of nitrogens with zero attached hydrogens (tertiary/aromatic N) is 2. The van der Waals surface area contributed by atoms with Gasteiger partial charge in [0, 0.05) is 51.0 Å². The van der Waals surface area contributed by atoms with Crippen molar-refractivity contribution >= 4 is 35.1 Å². The Kier molecular flexibility index (Phi) is 6.90. The molecule has 2 N–H and O–H groups in total. The van der Waals surface area contributed by atoms with Crippen LogP contribution in [0.1, 0.15) is 13.3 Å². The smallest absolute Gasteiger partial charge is 0.322 e. The van der Waals surface area contributed by atoms with Crippen LogP contribution in [0.15, 0.2) is 12.1 Å². The summed E-state index contributed by atoms with van der Waals surface area (Å²) in [6.45, 7) is 3.58. The fraction of sp³-hybridized carbons (Fsp3) is 0.550. The number of imide groups is 1. The van der Waals surface area contributed by atoms with Crippen LogP contribution in [0.3, 0.4) is 0 Å². The quantitative estimate of drug-likeness (QED) is 0.601. The van der Waals surface area contributed by atoms with E-state index in [1.54, 1.807) is 17.9 Å². The number of carbonyl (C=O) groups is 3. The number of ether oxygens (including phenoxy) is 2. The van der Waals surface area contributed by atoms with E-state index in [9.17, 15) is 18.8 Å². The number of benzene rings is 1. The average Bonchev–Trinajstić information content (AvgIpc) is 3.02. The van der Waals surface area contributed by atoms with Crippen LogP contribution in [-0.2, 0) is 14.3 Å². The maximum atomic E-state index is 14.1. The van der Waals surface area contributed by atoms with Gasteiger partial charge in [0.1, 0.15) is 22.1 Å². The first-order chi connectivity index (χ1) is 14.7. The third-order valence-corrected chi connectivity index (χ3v) is 6.00. The number of halogens is 2. The standard InChI is InChI=1S/C20H26ClFN4O5/c1-12(10-20(11-30-2)18(28)23-19(29)24-20)17(27)26-6-4-25(5-7-26)13-8-14(22)16(21)15(9-13)31-3/h8-9,12H,4-7,10-11H2,1-3H3,(H2,23,24,28,29)/t12-,20-/m0/s1. The van der Waals surface area contributed by atoms with Gasteiger partial charge in [-0.1, -0.05) is 18.5 Å². The molecule has 0 bridgehead atoms. The molecule has 4 amide bonds. The molecule has 2 saturated heterocycles. The van der Waals surface area contributed by atoms with Gasteiger partial charge in [-0.05, 0) is 12.5 Å². The largest absolute Gasteiger partial charge is 0.495 e. The van der Waals surface area contributed by atoms with Crippen LogP contribution in [0.5, 0.6) is 5.75 Å². The summed E-state index contributed by atoms with van der Waals surface area (Å²) in [6, 6.07) is 2.42. The number of amides is 4. The Hall–Kier alpha value is -2.59. The second-order valence-electron chi connectivity index (χ2n) is 7.78. The summed E-state index contributed by atoms with van der Waals surface area (Å²) < 4.78 is 24.3. The van der Waals surface area contributed by atoms with E-state index in [0.29, 0.717) is 31.9 Å². The van der Waals surface area contributed by atoms with E-state index in [1.807, 2.05) is 4.90 Å². The summed E-state index contributed by atoms with van der Waals surface area (Å²) >= 11 is 5.89. The summed E-state index contributed by atoms with van der Waals surface area (Å²) in [4.78, 5) is 40.5. The van der Waals surface area contributed by atoms with Crippen molar-refractivity contribution in [3.8, 4) is 5.75 Å². The minimum Gasteiger partial charge on any atom is -0.495 e. The first-order valence-electron chi connectivity index (χ1n) is 9.90. The summed E-state index contributed by atoms with van der Waals surface area (Å²) in [5.41, 5.74) is -0.636. The molecule has 2 aliphatic rings. The molecule has 0 aliphatic carbocycles. The van der Waals surface area contributed by atoms with E-state index >= 15 is 0 Å². The van der Waals surface area contributed by atoms with Crippen LogP contribution in [0, 0.1) is 11.7 Å². The number of rotatable bonds is 7. The normalized spacial score (nSPS) is 22.2. The Labute approximate surface area is 184 Å². The number of anilines is 1. The Morgan fingerprint density at radius 1 is 1.26 bits per heavy atom. The highest BCUT2D eigenvalue weighted by Gasteiger charge is 2.48. The van der Waals surface area contributed by atoms with Crippen molar-refractivity contribution in [3.05, 3.63) is 23.0 Å². The molecule has 1 aromatic carbocycles. The lowest BCUT2D eigenvalue weighted by atomic mass is 9.88. The van der Waals surface area contributed by atoms with E-state index in [0.717, 1.165) is 0 Å². The maximum Gasteiger partial charge on any atom is 0.322 e. The zero-order valence-electron chi connectivity index (χ0n) is 17.7. The highest BCUT2D eigenvalue weighted by atomic mass is 35.5. The molecule has 0 spiro atoms. The molecule has 170 valence electrons. The van der Waals surface area contributed by atoms with E-state index in [2.05, 4.69) is 10.6 Å². The van der Waals surface area contributed by atoms with Crippen molar-refractivity contribution in [1.29, 1.82) is 0 Å². The highest BCUT2D eigenvalue weighted by Crippen LogP contribution is 2.33. The van der Waals surface area contributed by atoms with E-state index in [4.69, 9.17) is 21.1 Å². The van der Waals surface area contributed by atoms with Crippen LogP contribution in [0.2, 0.25) is 5.02 Å². The Bertz CT molecular complexity index is 877. The molecule has 2 heterocycles. The van der Waals surface area contributed by atoms with Crippen molar-refractivity contribution in [2.45, 2.75) is 18.9 Å². The second-order valence-corrected chi connectivity index (χ2v) is 8.16. The lowest BCUT2D eigenvalue weighted by molar-refractivity contribution is -0.137. The zero-order valence-corrected chi connectivity index (χ0v) is 18.4. The monoisotopic (exact) mass is 456 g/mol. The molecule has 11 heteroatoms. The molecular weight excluding hydrogens is 431 g/mol. The molecule has 2 aliphatic heterocycles. The summed E-state index contributed by atoms with van der Waals surface area (Å²) in [5, 5.41) is 4.73. The van der Waals surface area contributed by atoms with Gasteiger partial charge in [0.2, 0.25) is 5.91 Å². The van der Waals surface area contributed by atoms with Crippen LogP contribution in [0.4, 0.5) is 14.9 Å². The minimum absolute atomic E-state index is 0.0278. The fourth-order valence-corrected chi connectivity index (χ4v) is 4.25. The zero-order chi connectivity index (χ0) is 22.8. The predicted molar refractivity (Wildman–Crippen MR) is 112 cm³/mol. The van der Waals surface area contributed by atoms with Crippen molar-refractivity contribution in [2.75, 3.05) is 51.9 Å². The van der Waals surface area contributed by atoms with Crippen LogP contribution < -0.4 is 20.3 Å². The van der Waals surface area contributed by atoms with Crippen LogP contribution in [0.25, 0.3) is 0 Å². The lowest BCUT2D eigenvalue weighted by Gasteiger charge is -2.38. The lowest BCUT2D eigenvalue weighted by Crippen LogP contribution is -2.55. The summed E-state index contributed by atoms with van der Waals surface area (Å²) in [7, 11) is 2.85. The van der Waals surface area contributed by atoms with Crippen molar-refractivity contribution < 1.29 is 28.2 Å². The number of urea groups is 1. The highest BCUT2D eigenvalue weighted by molar-refractivity contribution is 6.32. The first-order valence-corrected chi connectivity index (χ1v) is 10.3. The molecule has 0 saturated carbocycles. The van der Waals surface area contributed by atoms with Crippen molar-refractivity contribution in [1.82, 2.24) is 15.5 Å². The fourth-order valence-electron chi connectivity index (χ4n) is 4.07. The molecular formula is C20H26ClFN4O5. The number of hydrogen-bond donors (Lipinski definition) is 2. The molecule has 0 unspecified atom stereocenters. The predicted octanol–water partition coefficient (Wildman–Crippen LogP) is 1.39. The topological polar surface area (TPSA) is 100 Å². The maximum absolute atomic E-state index is 14.1. The van der Waals surface area contributed by atoms with Gasteiger partial charge in [-0.2, -0.15) is 0 Å². The number of carbonyl (C=O) groups excluding carboxylic acids is 3. The molecule has 0 radical (unpaired) electrons. The van der Waals surface area contributed by atoms with Gasteiger partial charge < -0.3 is 24.6 Å². The van der Waals surface area contributed by atoms with Gasteiger partial charge in [0.15, 0.2) is 0 Å². The van der Waals surface area contributed by atoms with Gasteiger partial charge in [-0.25, -0.2) is 9.18 Å². The molecule has 2 fully saturated rings. The summed E-state index contributed by atoms with van der Waals surface area (Å²) in [5.74, 6) is -1.45. The Balaban J connectivity index is 1.63. The number of piperazine rings is 1. The van der Waals surface area contributed by atoms with E-state index in [1.165, 1.54) is 20.3 Å². The number of methoxy groups -OCH3 is 2. The SMILES string of the molecule is COC[C@]1(C[C@H](C)C(=O)N2CCN(c3cc(F)c(Cl)c(OC)c3)CC2)NC(=O)NC1=O. The number of hydrogen-bond acceptors (Lipinski definition) is 6. The number of nitrogens with one attached hydrogen (secondary N) is 2. The van der Waals surface area contributed by atoms with Crippen molar-refractivity contribution in [2.24, 2.45) is 5.92 Å². The second kappa shape index (κ2) is 9.27. The molecule has 2 atom stereocenters. The third-order valence-electron chi connectivity index (χ3n) is 5.64. The Morgan fingerprint density at radius 2 is 1.94 bits per heavy atom. The van der Waals surface area contributed by atoms with Gasteiger partial charge in [0.05, 0.1) is 13.7 Å². The van der Waals surface area contributed by atoms with Gasteiger partial charge in [-0.3, -0.25) is 14.9 Å².